The van der Waals surface area contributed by atoms with E-state index in [1.807, 2.05) is 67.6 Å². The van der Waals surface area contributed by atoms with E-state index in [9.17, 15) is 9.59 Å². The average molecular weight is 542 g/mol. The number of amides is 2. The third kappa shape index (κ3) is 6.09. The fourth-order valence-corrected chi connectivity index (χ4v) is 5.31. The molecule has 1 atom stereocenters. The second-order valence-corrected chi connectivity index (χ2v) is 9.98. The smallest absolute Gasteiger partial charge is 0.247 e. The molecule has 40 heavy (non-hydrogen) atoms. The molecule has 1 aromatic heterocycles. The molecule has 4 aromatic rings. The Morgan fingerprint density at radius 2 is 1.77 bits per heavy atom. The maximum absolute atomic E-state index is 14.1. The van der Waals surface area contributed by atoms with Crippen LogP contribution in [-0.2, 0) is 22.7 Å². The molecular formula is C31H35N5O4. The number of hydrogen-bond acceptors (Lipinski definition) is 6. The van der Waals surface area contributed by atoms with Gasteiger partial charge in [0.05, 0.1) is 19.2 Å². The molecule has 208 valence electrons. The molecule has 1 N–H and O–H groups in total. The van der Waals surface area contributed by atoms with Gasteiger partial charge in [-0.15, -0.1) is 5.10 Å². The van der Waals surface area contributed by atoms with Crippen molar-refractivity contribution in [3.8, 4) is 11.5 Å². The van der Waals surface area contributed by atoms with Crippen molar-refractivity contribution in [1.82, 2.24) is 25.2 Å². The molecule has 1 aliphatic rings. The first-order valence-electron chi connectivity index (χ1n) is 13.8. The van der Waals surface area contributed by atoms with Gasteiger partial charge < -0.3 is 19.7 Å². The minimum absolute atomic E-state index is 0.0608. The van der Waals surface area contributed by atoms with E-state index >= 15 is 0 Å². The molecule has 0 aliphatic heterocycles. The largest absolute Gasteiger partial charge is 0.493 e. The van der Waals surface area contributed by atoms with Gasteiger partial charge in [0.15, 0.2) is 11.5 Å². The first kappa shape index (κ1) is 27.2. The second kappa shape index (κ2) is 12.6. The van der Waals surface area contributed by atoms with Crippen LogP contribution < -0.4 is 14.8 Å². The average Bonchev–Trinajstić information content (AvgIpc) is 3.64. The van der Waals surface area contributed by atoms with E-state index in [0.29, 0.717) is 29.2 Å². The highest BCUT2D eigenvalue weighted by atomic mass is 16.5. The predicted octanol–water partition coefficient (Wildman–Crippen LogP) is 4.67. The Balaban J connectivity index is 1.55. The van der Waals surface area contributed by atoms with E-state index in [1.54, 1.807) is 28.8 Å². The summed E-state index contributed by atoms with van der Waals surface area (Å²) in [5.41, 5.74) is 3.02. The second-order valence-electron chi connectivity index (χ2n) is 9.98. The van der Waals surface area contributed by atoms with Crippen LogP contribution >= 0.6 is 0 Å². The van der Waals surface area contributed by atoms with Crippen LogP contribution in [0.2, 0.25) is 0 Å². The summed E-state index contributed by atoms with van der Waals surface area (Å²) < 4.78 is 12.9. The van der Waals surface area contributed by atoms with E-state index < -0.39 is 6.04 Å². The highest BCUT2D eigenvalue weighted by molar-refractivity contribution is 5.89. The molecular weight excluding hydrogens is 506 g/mol. The van der Waals surface area contributed by atoms with E-state index in [1.165, 1.54) is 0 Å². The normalized spacial score (nSPS) is 14.2. The third-order valence-electron chi connectivity index (χ3n) is 7.29. The molecule has 0 spiro atoms. The van der Waals surface area contributed by atoms with Gasteiger partial charge in [0, 0.05) is 12.6 Å². The van der Waals surface area contributed by atoms with Gasteiger partial charge in [-0.1, -0.05) is 66.6 Å². The minimum atomic E-state index is -0.896. The molecule has 3 aromatic carbocycles. The summed E-state index contributed by atoms with van der Waals surface area (Å²) in [6, 6.07) is 21.8. The van der Waals surface area contributed by atoms with Crippen molar-refractivity contribution in [1.29, 1.82) is 0 Å². The zero-order chi connectivity index (χ0) is 27.9. The number of ether oxygens (including phenoxy) is 2. The van der Waals surface area contributed by atoms with Crippen LogP contribution in [0, 0.1) is 0 Å². The lowest BCUT2D eigenvalue weighted by molar-refractivity contribution is -0.142. The number of rotatable bonds is 11. The third-order valence-corrected chi connectivity index (χ3v) is 7.29. The zero-order valence-corrected chi connectivity index (χ0v) is 23.0. The number of carbonyl (C=O) groups excluding carboxylic acids is 2. The molecule has 0 radical (unpaired) electrons. The van der Waals surface area contributed by atoms with Gasteiger partial charge in [-0.3, -0.25) is 9.59 Å². The van der Waals surface area contributed by atoms with Crippen LogP contribution in [0.1, 0.15) is 49.8 Å². The van der Waals surface area contributed by atoms with E-state index in [2.05, 4.69) is 15.6 Å². The van der Waals surface area contributed by atoms with Crippen molar-refractivity contribution in [3.63, 3.8) is 0 Å². The number of benzene rings is 3. The monoisotopic (exact) mass is 541 g/mol. The Labute approximate surface area is 234 Å². The fourth-order valence-electron chi connectivity index (χ4n) is 5.31. The van der Waals surface area contributed by atoms with Crippen molar-refractivity contribution in [2.75, 3.05) is 13.7 Å². The van der Waals surface area contributed by atoms with E-state index in [0.717, 1.165) is 36.8 Å². The molecule has 0 unspecified atom stereocenters. The van der Waals surface area contributed by atoms with Crippen molar-refractivity contribution in [2.24, 2.45) is 0 Å². The van der Waals surface area contributed by atoms with E-state index in [4.69, 9.17) is 9.47 Å². The zero-order valence-electron chi connectivity index (χ0n) is 23.0. The highest BCUT2D eigenvalue weighted by Crippen LogP contribution is 2.34. The standard InChI is InChI=1S/C31H35N5O4/c1-3-40-27-18-17-23(19-28(27)39-2)30(31(38)32-24-13-7-8-14-24)35(20-22-11-5-4-6-12-22)29(37)21-36-26-16-10-9-15-25(26)33-34-36/h4-6,9-12,15-19,24,30H,3,7-8,13-14,20-21H2,1-2H3,(H,32,38)/t30-/m1/s1. The Morgan fingerprint density at radius 3 is 2.52 bits per heavy atom. The molecule has 1 fully saturated rings. The van der Waals surface area contributed by atoms with Gasteiger partial charge >= 0.3 is 0 Å². The summed E-state index contributed by atoms with van der Waals surface area (Å²) in [5.74, 6) is 0.621. The molecule has 9 heteroatoms. The lowest BCUT2D eigenvalue weighted by atomic mass is 10.0. The number of para-hydroxylation sites is 1. The van der Waals surface area contributed by atoms with E-state index in [-0.39, 0.29) is 30.9 Å². The number of carbonyl (C=O) groups is 2. The van der Waals surface area contributed by atoms with Crippen LogP contribution in [0.4, 0.5) is 0 Å². The topological polar surface area (TPSA) is 98.6 Å². The summed E-state index contributed by atoms with van der Waals surface area (Å²) in [7, 11) is 1.57. The number of fused-ring (bicyclic) bond motifs is 1. The van der Waals surface area contributed by atoms with Gasteiger partial charge in [-0.2, -0.15) is 0 Å². The summed E-state index contributed by atoms with van der Waals surface area (Å²) in [4.78, 5) is 29.8. The number of hydrogen-bond donors (Lipinski definition) is 1. The number of nitrogens with zero attached hydrogens (tertiary/aromatic N) is 4. The van der Waals surface area contributed by atoms with Gasteiger partial charge in [0.2, 0.25) is 11.8 Å². The molecule has 9 nitrogen and oxygen atoms in total. The molecule has 1 heterocycles. The van der Waals surface area contributed by atoms with Crippen molar-refractivity contribution in [2.45, 2.75) is 57.8 Å². The van der Waals surface area contributed by atoms with Crippen LogP contribution in [0.3, 0.4) is 0 Å². The van der Waals surface area contributed by atoms with Crippen LogP contribution in [0.5, 0.6) is 11.5 Å². The first-order chi connectivity index (χ1) is 19.6. The van der Waals surface area contributed by atoms with Crippen LogP contribution in [0.25, 0.3) is 11.0 Å². The van der Waals surface area contributed by atoms with Crippen molar-refractivity contribution < 1.29 is 19.1 Å². The summed E-state index contributed by atoms with van der Waals surface area (Å²) in [6.07, 6.45) is 4.03. The quantitative estimate of drug-likeness (QED) is 0.296. The van der Waals surface area contributed by atoms with Crippen LogP contribution in [0.15, 0.2) is 72.8 Å². The highest BCUT2D eigenvalue weighted by Gasteiger charge is 2.34. The molecule has 2 amide bonds. The molecule has 1 aliphatic carbocycles. The first-order valence-corrected chi connectivity index (χ1v) is 13.8. The fraction of sp³-hybridized carbons (Fsp3) is 0.355. The molecule has 0 bridgehead atoms. The summed E-state index contributed by atoms with van der Waals surface area (Å²) in [5, 5.41) is 11.7. The maximum atomic E-state index is 14.1. The summed E-state index contributed by atoms with van der Waals surface area (Å²) >= 11 is 0. The SMILES string of the molecule is CCOc1ccc([C@H](C(=O)NC2CCCC2)N(Cc2ccccc2)C(=O)Cn2nnc3ccccc32)cc1OC. The molecule has 0 saturated heterocycles. The van der Waals surface area contributed by atoms with Gasteiger partial charge in [-0.05, 0) is 55.2 Å². The minimum Gasteiger partial charge on any atom is -0.493 e. The Hall–Kier alpha value is -4.40. The molecule has 5 rings (SSSR count). The lowest BCUT2D eigenvalue weighted by Crippen LogP contribution is -2.46. The Bertz CT molecular complexity index is 1450. The van der Waals surface area contributed by atoms with Gasteiger partial charge in [0.1, 0.15) is 18.1 Å². The van der Waals surface area contributed by atoms with Gasteiger partial charge in [-0.25, -0.2) is 4.68 Å². The molecule has 1 saturated carbocycles. The number of methoxy groups -OCH3 is 1. The van der Waals surface area contributed by atoms with Crippen molar-refractivity contribution in [3.05, 3.63) is 83.9 Å². The van der Waals surface area contributed by atoms with Crippen molar-refractivity contribution >= 4 is 22.8 Å². The Kier molecular flexibility index (Phi) is 8.59. The Morgan fingerprint density at radius 1 is 1.02 bits per heavy atom. The lowest BCUT2D eigenvalue weighted by Gasteiger charge is -2.32. The van der Waals surface area contributed by atoms with Gasteiger partial charge in [0.25, 0.3) is 0 Å². The number of aromatic nitrogens is 3. The van der Waals surface area contributed by atoms with Crippen LogP contribution in [-0.4, -0.2) is 51.5 Å². The summed E-state index contributed by atoms with van der Waals surface area (Å²) in [6.45, 7) is 2.56. The predicted molar refractivity (Wildman–Crippen MR) is 152 cm³/mol. The maximum Gasteiger partial charge on any atom is 0.247 e. The number of nitrogens with one attached hydrogen (secondary N) is 1.